The molecule has 2 amide bonds. The highest BCUT2D eigenvalue weighted by Crippen LogP contribution is 2.26. The average Bonchev–Trinajstić information content (AvgIpc) is 3.10. The molecule has 0 spiro atoms. The molecule has 0 aliphatic rings. The van der Waals surface area contributed by atoms with Gasteiger partial charge in [0.15, 0.2) is 0 Å². The van der Waals surface area contributed by atoms with E-state index in [1.807, 2.05) is 43.3 Å². The second-order valence-corrected chi connectivity index (χ2v) is 8.06. The number of amides is 2. The molecule has 1 heterocycles. The standard InChI is InChI=1S/C22H32N4O3/c1-6-7-13-25(21(28)16-29-5)15-20(27)23-19-14-18(22(2,3)4)24-26(19)17-11-9-8-10-12-17/h8-12,14H,6-7,13,15-16H2,1-5H3,(H,23,27). The average molecular weight is 401 g/mol. The van der Waals surface area contributed by atoms with Gasteiger partial charge >= 0.3 is 0 Å². The molecular formula is C22H32N4O3. The van der Waals surface area contributed by atoms with Gasteiger partial charge in [-0.05, 0) is 18.6 Å². The van der Waals surface area contributed by atoms with Crippen LogP contribution >= 0.6 is 0 Å². The summed E-state index contributed by atoms with van der Waals surface area (Å²) in [6.45, 7) is 8.74. The maximum Gasteiger partial charge on any atom is 0.249 e. The SMILES string of the molecule is CCCCN(CC(=O)Nc1cc(C(C)(C)C)nn1-c1ccccc1)C(=O)COC. The van der Waals surface area contributed by atoms with Crippen LogP contribution in [0.15, 0.2) is 36.4 Å². The number of hydrogen-bond donors (Lipinski definition) is 1. The molecule has 158 valence electrons. The number of carbonyl (C=O) groups is 2. The Morgan fingerprint density at radius 2 is 1.90 bits per heavy atom. The minimum atomic E-state index is -0.261. The second kappa shape index (κ2) is 10.2. The summed E-state index contributed by atoms with van der Waals surface area (Å²) in [6, 6.07) is 11.5. The summed E-state index contributed by atoms with van der Waals surface area (Å²) in [5, 5.41) is 7.63. The summed E-state index contributed by atoms with van der Waals surface area (Å²) in [7, 11) is 1.47. The van der Waals surface area contributed by atoms with Crippen molar-refractivity contribution in [2.75, 3.05) is 32.1 Å². The summed E-state index contributed by atoms with van der Waals surface area (Å²) in [5.74, 6) is 0.131. The Balaban J connectivity index is 2.23. The number of anilines is 1. The number of nitrogens with one attached hydrogen (secondary N) is 1. The van der Waals surface area contributed by atoms with E-state index in [-0.39, 0.29) is 30.4 Å². The molecule has 29 heavy (non-hydrogen) atoms. The van der Waals surface area contributed by atoms with E-state index in [2.05, 4.69) is 26.1 Å². The largest absolute Gasteiger partial charge is 0.375 e. The van der Waals surface area contributed by atoms with Crippen molar-refractivity contribution in [3.8, 4) is 5.69 Å². The van der Waals surface area contributed by atoms with Gasteiger partial charge in [0, 0.05) is 25.1 Å². The molecule has 7 nitrogen and oxygen atoms in total. The number of aromatic nitrogens is 2. The number of methoxy groups -OCH3 is 1. The third-order valence-corrected chi connectivity index (χ3v) is 4.48. The van der Waals surface area contributed by atoms with Gasteiger partial charge in [-0.1, -0.05) is 52.3 Å². The van der Waals surface area contributed by atoms with Gasteiger partial charge in [0.05, 0.1) is 17.9 Å². The van der Waals surface area contributed by atoms with Gasteiger partial charge in [0.25, 0.3) is 0 Å². The van der Waals surface area contributed by atoms with E-state index in [9.17, 15) is 9.59 Å². The number of ether oxygens (including phenoxy) is 1. The molecule has 0 saturated heterocycles. The minimum absolute atomic E-state index is 0.0208. The van der Waals surface area contributed by atoms with Crippen molar-refractivity contribution in [1.29, 1.82) is 0 Å². The van der Waals surface area contributed by atoms with Crippen molar-refractivity contribution in [3.05, 3.63) is 42.1 Å². The number of rotatable bonds is 9. The van der Waals surface area contributed by atoms with Gasteiger partial charge in [-0.15, -0.1) is 0 Å². The number of nitrogens with zero attached hydrogens (tertiary/aromatic N) is 3. The van der Waals surface area contributed by atoms with Crippen LogP contribution in [0.2, 0.25) is 0 Å². The number of hydrogen-bond acceptors (Lipinski definition) is 4. The molecule has 1 N–H and O–H groups in total. The first kappa shape index (κ1) is 22.6. The molecule has 0 atom stereocenters. The van der Waals surface area contributed by atoms with Gasteiger partial charge < -0.3 is 15.0 Å². The third kappa shape index (κ3) is 6.42. The number of unbranched alkanes of at least 4 members (excludes halogenated alkanes) is 1. The predicted molar refractivity (Wildman–Crippen MR) is 114 cm³/mol. The van der Waals surface area contributed by atoms with Crippen LogP contribution in [0, 0.1) is 0 Å². The quantitative estimate of drug-likeness (QED) is 0.700. The smallest absolute Gasteiger partial charge is 0.249 e. The molecule has 0 aliphatic carbocycles. The lowest BCUT2D eigenvalue weighted by Gasteiger charge is -2.21. The van der Waals surface area contributed by atoms with E-state index in [0.29, 0.717) is 12.4 Å². The highest BCUT2D eigenvalue weighted by molar-refractivity contribution is 5.94. The van der Waals surface area contributed by atoms with E-state index < -0.39 is 0 Å². The van der Waals surface area contributed by atoms with Crippen LogP contribution in [0.4, 0.5) is 5.82 Å². The highest BCUT2D eigenvalue weighted by atomic mass is 16.5. The van der Waals surface area contributed by atoms with Gasteiger partial charge in [0.1, 0.15) is 12.4 Å². The molecule has 0 fully saturated rings. The molecule has 0 aliphatic heterocycles. The van der Waals surface area contributed by atoms with Crippen molar-refractivity contribution in [1.82, 2.24) is 14.7 Å². The topological polar surface area (TPSA) is 76.5 Å². The first-order valence-corrected chi connectivity index (χ1v) is 9.98. The third-order valence-electron chi connectivity index (χ3n) is 4.48. The lowest BCUT2D eigenvalue weighted by molar-refractivity contribution is -0.138. The first-order chi connectivity index (χ1) is 13.8. The maximum atomic E-state index is 12.8. The number of para-hydroxylation sites is 1. The van der Waals surface area contributed by atoms with Crippen LogP contribution in [-0.4, -0.2) is 53.3 Å². The lowest BCUT2D eigenvalue weighted by atomic mass is 9.92. The van der Waals surface area contributed by atoms with Gasteiger partial charge in [-0.25, -0.2) is 4.68 Å². The molecule has 2 rings (SSSR count). The van der Waals surface area contributed by atoms with Crippen molar-refractivity contribution in [2.24, 2.45) is 0 Å². The Labute approximate surface area is 173 Å². The van der Waals surface area contributed by atoms with Crippen LogP contribution in [0.3, 0.4) is 0 Å². The number of benzene rings is 1. The monoisotopic (exact) mass is 400 g/mol. The number of carbonyl (C=O) groups excluding carboxylic acids is 2. The van der Waals surface area contributed by atoms with E-state index in [0.717, 1.165) is 24.2 Å². The van der Waals surface area contributed by atoms with Crippen molar-refractivity contribution < 1.29 is 14.3 Å². The molecular weight excluding hydrogens is 368 g/mol. The van der Waals surface area contributed by atoms with Gasteiger partial charge in [-0.2, -0.15) is 5.10 Å². The van der Waals surface area contributed by atoms with Crippen LogP contribution in [-0.2, 0) is 19.7 Å². The van der Waals surface area contributed by atoms with Crippen molar-refractivity contribution in [3.63, 3.8) is 0 Å². The van der Waals surface area contributed by atoms with Crippen molar-refractivity contribution in [2.45, 2.75) is 46.0 Å². The zero-order chi connectivity index (χ0) is 21.4. The zero-order valence-corrected chi connectivity index (χ0v) is 18.1. The van der Waals surface area contributed by atoms with E-state index in [1.54, 1.807) is 4.68 Å². The Kier molecular flexibility index (Phi) is 7.96. The Hall–Kier alpha value is -2.67. The van der Waals surface area contributed by atoms with E-state index >= 15 is 0 Å². The second-order valence-electron chi connectivity index (χ2n) is 8.06. The lowest BCUT2D eigenvalue weighted by Crippen LogP contribution is -2.40. The summed E-state index contributed by atoms with van der Waals surface area (Å²) in [6.07, 6.45) is 1.77. The molecule has 1 aromatic carbocycles. The fourth-order valence-corrected chi connectivity index (χ4v) is 2.81. The molecule has 0 unspecified atom stereocenters. The summed E-state index contributed by atoms with van der Waals surface area (Å²) >= 11 is 0. The van der Waals surface area contributed by atoms with Gasteiger partial charge in [-0.3, -0.25) is 9.59 Å². The molecule has 7 heteroatoms. The van der Waals surface area contributed by atoms with Crippen LogP contribution in [0.1, 0.15) is 46.2 Å². The molecule has 2 aromatic rings. The molecule has 0 saturated carbocycles. The predicted octanol–water partition coefficient (Wildman–Crippen LogP) is 3.38. The van der Waals surface area contributed by atoms with Crippen LogP contribution in [0.5, 0.6) is 0 Å². The van der Waals surface area contributed by atoms with Crippen LogP contribution < -0.4 is 5.32 Å². The summed E-state index contributed by atoms with van der Waals surface area (Å²) in [5.41, 5.74) is 1.56. The fraction of sp³-hybridized carbons (Fsp3) is 0.500. The Morgan fingerprint density at radius 1 is 1.21 bits per heavy atom. The van der Waals surface area contributed by atoms with Crippen molar-refractivity contribution >= 4 is 17.6 Å². The molecule has 0 bridgehead atoms. The Bertz CT molecular complexity index is 809. The molecule has 0 radical (unpaired) electrons. The van der Waals surface area contributed by atoms with E-state index in [4.69, 9.17) is 9.84 Å². The minimum Gasteiger partial charge on any atom is -0.375 e. The first-order valence-electron chi connectivity index (χ1n) is 9.98. The van der Waals surface area contributed by atoms with E-state index in [1.165, 1.54) is 12.0 Å². The van der Waals surface area contributed by atoms with Crippen LogP contribution in [0.25, 0.3) is 5.69 Å². The summed E-state index contributed by atoms with van der Waals surface area (Å²) < 4.78 is 6.67. The normalized spacial score (nSPS) is 11.3. The maximum absolute atomic E-state index is 12.8. The molecule has 1 aromatic heterocycles. The van der Waals surface area contributed by atoms with Gasteiger partial charge in [0.2, 0.25) is 11.8 Å². The Morgan fingerprint density at radius 3 is 2.48 bits per heavy atom. The summed E-state index contributed by atoms with van der Waals surface area (Å²) in [4.78, 5) is 26.6. The fourth-order valence-electron chi connectivity index (χ4n) is 2.81. The zero-order valence-electron chi connectivity index (χ0n) is 18.1. The highest BCUT2D eigenvalue weighted by Gasteiger charge is 2.23.